The first-order valence-corrected chi connectivity index (χ1v) is 24.5. The molecule has 14 aromatic rings. The number of hydrogen-bond donors (Lipinski definition) is 0. The fraction of sp³-hybridized carbons (Fsp3) is 0. The molecule has 0 radical (unpaired) electrons. The van der Waals surface area contributed by atoms with Crippen LogP contribution in [0.3, 0.4) is 0 Å². The van der Waals surface area contributed by atoms with E-state index in [0.29, 0.717) is 0 Å². The summed E-state index contributed by atoms with van der Waals surface area (Å²) >= 11 is 0. The van der Waals surface area contributed by atoms with Gasteiger partial charge >= 0.3 is 0 Å². The first-order chi connectivity index (χ1) is 36.7. The van der Waals surface area contributed by atoms with Gasteiger partial charge in [-0.15, -0.1) is 0 Å². The summed E-state index contributed by atoms with van der Waals surface area (Å²) in [5, 5.41) is 21.7. The van der Waals surface area contributed by atoms with Crippen molar-refractivity contribution in [1.29, 1.82) is 0 Å². The summed E-state index contributed by atoms with van der Waals surface area (Å²) in [4.78, 5) is 15.0. The summed E-state index contributed by atoms with van der Waals surface area (Å²) in [5.74, 6) is 0. The lowest BCUT2D eigenvalue weighted by molar-refractivity contribution is 1.02. The van der Waals surface area contributed by atoms with E-state index in [1.807, 2.05) is 36.4 Å². The molecule has 0 aliphatic rings. The second kappa shape index (κ2) is 17.8. The van der Waals surface area contributed by atoms with Crippen molar-refractivity contribution >= 4 is 88.8 Å². The highest BCUT2D eigenvalue weighted by molar-refractivity contribution is 6.10. The van der Waals surface area contributed by atoms with Crippen LogP contribution in [0.2, 0.25) is 0 Å². The maximum atomic E-state index is 5.29. The SMILES string of the molecule is c1ccc2nc(-c3ccc(N(c4ccc(-n5c6ccccc6c6ccccc65)cc4)c4ccnnc4)cc3)c(-c3ccc(N(c4ccc(-n5c6ccccc6c6ccccc65)cc4)c4ccnnc4)cc3)nc2c1. The second-order valence-corrected chi connectivity index (χ2v) is 18.1. The largest absolute Gasteiger partial charge is 0.309 e. The summed E-state index contributed by atoms with van der Waals surface area (Å²) in [6, 6.07) is 80.7. The van der Waals surface area contributed by atoms with Crippen LogP contribution in [0.1, 0.15) is 0 Å². The maximum Gasteiger partial charge on any atom is 0.0973 e. The Labute approximate surface area is 425 Å². The molecule has 0 aliphatic heterocycles. The lowest BCUT2D eigenvalue weighted by Gasteiger charge is -2.25. The van der Waals surface area contributed by atoms with Gasteiger partial charge in [-0.3, -0.25) is 0 Å². The van der Waals surface area contributed by atoms with Crippen LogP contribution in [0.25, 0.3) is 88.5 Å². The molecule has 5 heterocycles. The van der Waals surface area contributed by atoms with Crippen molar-refractivity contribution in [3.8, 4) is 33.9 Å². The molecule has 9 aromatic carbocycles. The molecule has 0 bridgehead atoms. The Hall–Kier alpha value is -10.3. The third-order valence-corrected chi connectivity index (χ3v) is 13.9. The third kappa shape index (κ3) is 7.28. The highest BCUT2D eigenvalue weighted by Crippen LogP contribution is 2.41. The molecular formula is C64H42N10. The van der Waals surface area contributed by atoms with E-state index < -0.39 is 0 Å². The highest BCUT2D eigenvalue weighted by Gasteiger charge is 2.20. The van der Waals surface area contributed by atoms with Gasteiger partial charge < -0.3 is 18.9 Å². The average Bonchev–Trinajstić information content (AvgIpc) is 4.00. The van der Waals surface area contributed by atoms with E-state index in [9.17, 15) is 0 Å². The summed E-state index contributed by atoms with van der Waals surface area (Å²) < 4.78 is 4.66. The van der Waals surface area contributed by atoms with Crippen molar-refractivity contribution in [2.45, 2.75) is 0 Å². The zero-order valence-electron chi connectivity index (χ0n) is 39.7. The number of aromatic nitrogens is 8. The number of anilines is 6. The van der Waals surface area contributed by atoms with Crippen LogP contribution >= 0.6 is 0 Å². The van der Waals surface area contributed by atoms with Crippen LogP contribution in [0.5, 0.6) is 0 Å². The predicted octanol–water partition coefficient (Wildman–Crippen LogP) is 15.7. The van der Waals surface area contributed by atoms with Crippen molar-refractivity contribution in [1.82, 2.24) is 39.5 Å². The Balaban J connectivity index is 0.812. The molecule has 0 fully saturated rings. The van der Waals surface area contributed by atoms with E-state index in [0.717, 1.165) is 79.0 Å². The molecule has 10 nitrogen and oxygen atoms in total. The maximum absolute atomic E-state index is 5.29. The number of hydrogen-bond acceptors (Lipinski definition) is 8. The third-order valence-electron chi connectivity index (χ3n) is 13.9. The molecular weight excluding hydrogens is 909 g/mol. The first-order valence-electron chi connectivity index (χ1n) is 24.5. The number of nitrogens with zero attached hydrogens (tertiary/aromatic N) is 10. The molecule has 74 heavy (non-hydrogen) atoms. The Kier molecular flexibility index (Phi) is 10.2. The standard InChI is InChI=1S/C64H42N10/c1-7-17-59-53(11-1)54-12-2-8-18-60(54)73(59)49-33-29-47(30-34-49)71(51-37-39-65-67-41-51)45-25-21-43(22-26-45)63-64(70-58-16-6-5-15-57(58)69-63)44-23-27-46(28-24-44)72(52-38-40-66-68-42-52)48-31-35-50(36-32-48)74-61-19-9-3-13-55(61)56-14-4-10-20-62(56)74/h1-42H. The minimum atomic E-state index is 0.784. The molecule has 0 aliphatic carbocycles. The van der Waals surface area contributed by atoms with Gasteiger partial charge in [-0.2, -0.15) is 20.4 Å². The van der Waals surface area contributed by atoms with Crippen LogP contribution in [0.4, 0.5) is 34.1 Å². The van der Waals surface area contributed by atoms with Crippen LogP contribution in [0.15, 0.2) is 255 Å². The molecule has 348 valence electrons. The molecule has 0 amide bonds. The number of para-hydroxylation sites is 6. The monoisotopic (exact) mass is 950 g/mol. The molecule has 0 saturated heterocycles. The van der Waals surface area contributed by atoms with Crippen LogP contribution in [-0.2, 0) is 0 Å². The van der Waals surface area contributed by atoms with Crippen LogP contribution < -0.4 is 9.80 Å². The van der Waals surface area contributed by atoms with E-state index in [4.69, 9.17) is 9.97 Å². The highest BCUT2D eigenvalue weighted by atomic mass is 15.2. The number of rotatable bonds is 10. The smallest absolute Gasteiger partial charge is 0.0973 e. The Bertz CT molecular complexity index is 3960. The molecule has 10 heteroatoms. The van der Waals surface area contributed by atoms with Gasteiger partial charge in [-0.05, 0) is 121 Å². The van der Waals surface area contributed by atoms with Gasteiger partial charge in [-0.25, -0.2) is 9.97 Å². The number of benzene rings is 9. The zero-order chi connectivity index (χ0) is 49.0. The van der Waals surface area contributed by atoms with E-state index >= 15 is 0 Å². The average molecular weight is 951 g/mol. The van der Waals surface area contributed by atoms with Gasteiger partial charge in [0.2, 0.25) is 0 Å². The summed E-state index contributed by atoms with van der Waals surface area (Å²) in [6.07, 6.45) is 7.03. The van der Waals surface area contributed by atoms with Gasteiger partial charge in [0.15, 0.2) is 0 Å². The van der Waals surface area contributed by atoms with Gasteiger partial charge in [-0.1, -0.05) is 109 Å². The van der Waals surface area contributed by atoms with E-state index in [2.05, 4.69) is 233 Å². The molecule has 0 N–H and O–H groups in total. The fourth-order valence-corrected chi connectivity index (χ4v) is 10.6. The number of fused-ring (bicyclic) bond motifs is 7. The predicted molar refractivity (Wildman–Crippen MR) is 300 cm³/mol. The molecule has 14 rings (SSSR count). The summed E-state index contributed by atoms with van der Waals surface area (Å²) in [7, 11) is 0. The quantitative estimate of drug-likeness (QED) is 0.134. The van der Waals surface area contributed by atoms with Crippen molar-refractivity contribution in [3.05, 3.63) is 255 Å². The zero-order valence-corrected chi connectivity index (χ0v) is 39.7. The van der Waals surface area contributed by atoms with E-state index in [-0.39, 0.29) is 0 Å². The lowest BCUT2D eigenvalue weighted by atomic mass is 10.0. The van der Waals surface area contributed by atoms with Gasteiger partial charge in [0.1, 0.15) is 0 Å². The van der Waals surface area contributed by atoms with Crippen molar-refractivity contribution in [3.63, 3.8) is 0 Å². The minimum absolute atomic E-state index is 0.784. The Morgan fingerprint density at radius 1 is 0.270 bits per heavy atom. The Morgan fingerprint density at radius 2 is 0.581 bits per heavy atom. The second-order valence-electron chi connectivity index (χ2n) is 18.1. The lowest BCUT2D eigenvalue weighted by Crippen LogP contribution is -2.11. The minimum Gasteiger partial charge on any atom is -0.309 e. The molecule has 5 aromatic heterocycles. The fourth-order valence-electron chi connectivity index (χ4n) is 10.6. The molecule has 0 unspecified atom stereocenters. The van der Waals surface area contributed by atoms with E-state index in [1.54, 1.807) is 24.8 Å². The first kappa shape index (κ1) is 42.5. The molecule has 0 saturated carbocycles. The van der Waals surface area contributed by atoms with Crippen LogP contribution in [-0.4, -0.2) is 39.5 Å². The molecule has 0 atom stereocenters. The molecule has 0 spiro atoms. The summed E-state index contributed by atoms with van der Waals surface area (Å²) in [6.45, 7) is 0. The Morgan fingerprint density at radius 3 is 0.905 bits per heavy atom. The van der Waals surface area contributed by atoms with Gasteiger partial charge in [0.25, 0.3) is 0 Å². The van der Waals surface area contributed by atoms with Crippen LogP contribution in [0, 0.1) is 0 Å². The van der Waals surface area contributed by atoms with Crippen molar-refractivity contribution in [2.75, 3.05) is 9.80 Å². The van der Waals surface area contributed by atoms with Crippen molar-refractivity contribution in [2.24, 2.45) is 0 Å². The normalized spacial score (nSPS) is 11.5. The van der Waals surface area contributed by atoms with Crippen molar-refractivity contribution < 1.29 is 0 Å². The van der Waals surface area contributed by atoms with Gasteiger partial charge in [0.05, 0.1) is 80.7 Å². The topological polar surface area (TPSA) is 93.7 Å². The van der Waals surface area contributed by atoms with E-state index in [1.165, 1.54) is 43.6 Å². The van der Waals surface area contributed by atoms with Gasteiger partial charge in [0, 0.05) is 66.8 Å². The summed E-state index contributed by atoms with van der Waals surface area (Å²) in [5.41, 5.74) is 17.6.